The molecule has 0 radical (unpaired) electrons. The van der Waals surface area contributed by atoms with E-state index < -0.39 is 0 Å². The molecule has 1 fully saturated rings. The van der Waals surface area contributed by atoms with Crippen LogP contribution in [0.15, 0.2) is 36.9 Å². The van der Waals surface area contributed by atoms with Crippen LogP contribution in [0.2, 0.25) is 0 Å². The van der Waals surface area contributed by atoms with E-state index >= 15 is 0 Å². The second kappa shape index (κ2) is 10.8. The number of amides is 2. The van der Waals surface area contributed by atoms with Gasteiger partial charge in [0, 0.05) is 57.6 Å². The third kappa shape index (κ3) is 5.32. The van der Waals surface area contributed by atoms with Crippen molar-refractivity contribution < 1.29 is 14.7 Å². The van der Waals surface area contributed by atoms with E-state index in [0.29, 0.717) is 44.1 Å². The Labute approximate surface area is 214 Å². The summed E-state index contributed by atoms with van der Waals surface area (Å²) in [7, 11) is 1.84. The molecule has 12 heteroatoms. The van der Waals surface area contributed by atoms with Gasteiger partial charge in [-0.2, -0.15) is 0 Å². The number of aromatic nitrogens is 5. The Morgan fingerprint density at radius 2 is 2.03 bits per heavy atom. The van der Waals surface area contributed by atoms with Gasteiger partial charge in [0.15, 0.2) is 5.82 Å². The quantitative estimate of drug-likeness (QED) is 0.342. The predicted octanol–water partition coefficient (Wildman–Crippen LogP) is 1.14. The highest BCUT2D eigenvalue weighted by atomic mass is 16.3. The fourth-order valence-electron chi connectivity index (χ4n) is 5.07. The van der Waals surface area contributed by atoms with Crippen molar-refractivity contribution in [2.75, 3.05) is 43.4 Å². The minimum Gasteiger partial charge on any atom is -0.508 e. The van der Waals surface area contributed by atoms with Crippen molar-refractivity contribution in [3.8, 4) is 5.75 Å². The van der Waals surface area contributed by atoms with E-state index in [-0.39, 0.29) is 17.7 Å². The highest BCUT2D eigenvalue weighted by Gasteiger charge is 2.27. The third-order valence-electron chi connectivity index (χ3n) is 7.19. The molecule has 0 saturated carbocycles. The Bertz CT molecular complexity index is 1260. The Morgan fingerprint density at radius 3 is 2.81 bits per heavy atom. The Kier molecular flexibility index (Phi) is 7.15. The molecule has 12 nitrogen and oxygen atoms in total. The van der Waals surface area contributed by atoms with Gasteiger partial charge in [0.1, 0.15) is 29.9 Å². The Morgan fingerprint density at radius 1 is 1.19 bits per heavy atom. The molecule has 1 saturated heterocycles. The van der Waals surface area contributed by atoms with Gasteiger partial charge in [0.2, 0.25) is 6.41 Å². The second-order valence-corrected chi connectivity index (χ2v) is 9.33. The molecule has 4 heterocycles. The third-order valence-corrected chi connectivity index (χ3v) is 7.19. The molecule has 3 aromatic rings. The first-order valence-corrected chi connectivity index (χ1v) is 12.5. The number of nitrogens with zero attached hydrogens (tertiary/aromatic N) is 8. The summed E-state index contributed by atoms with van der Waals surface area (Å²) in [5.41, 5.74) is 2.28. The van der Waals surface area contributed by atoms with Crippen molar-refractivity contribution in [1.82, 2.24) is 34.5 Å². The molecule has 2 aliphatic rings. The van der Waals surface area contributed by atoms with Gasteiger partial charge in [-0.15, -0.1) is 10.2 Å². The number of rotatable bonds is 8. The highest BCUT2D eigenvalue weighted by Crippen LogP contribution is 2.24. The smallest absolute Gasteiger partial charge is 0.273 e. The van der Waals surface area contributed by atoms with Crippen molar-refractivity contribution in [2.24, 2.45) is 0 Å². The monoisotopic (exact) mass is 505 g/mol. The predicted molar refractivity (Wildman–Crippen MR) is 136 cm³/mol. The van der Waals surface area contributed by atoms with Crippen LogP contribution in [-0.4, -0.2) is 91.2 Å². The van der Waals surface area contributed by atoms with Gasteiger partial charge in [-0.05, 0) is 43.0 Å². The van der Waals surface area contributed by atoms with E-state index in [9.17, 15) is 14.7 Å². The van der Waals surface area contributed by atoms with Crippen LogP contribution < -0.4 is 10.2 Å². The molecule has 0 bridgehead atoms. The van der Waals surface area contributed by atoms with Crippen LogP contribution in [0, 0.1) is 0 Å². The van der Waals surface area contributed by atoms with Crippen molar-refractivity contribution in [1.29, 1.82) is 0 Å². The zero-order valence-corrected chi connectivity index (χ0v) is 20.8. The maximum absolute atomic E-state index is 13.1. The molecule has 5 rings (SSSR count). The summed E-state index contributed by atoms with van der Waals surface area (Å²) in [6.45, 7) is 3.66. The zero-order chi connectivity index (χ0) is 25.8. The number of hydrogen-bond donors (Lipinski definition) is 2. The summed E-state index contributed by atoms with van der Waals surface area (Å²) >= 11 is 0. The van der Waals surface area contributed by atoms with Gasteiger partial charge in [0.05, 0.1) is 6.54 Å². The molecule has 0 unspecified atom stereocenters. The highest BCUT2D eigenvalue weighted by molar-refractivity contribution is 5.93. The van der Waals surface area contributed by atoms with Crippen molar-refractivity contribution >= 4 is 23.8 Å². The summed E-state index contributed by atoms with van der Waals surface area (Å²) in [6, 6.07) is 7.10. The van der Waals surface area contributed by atoms with Gasteiger partial charge in [0.25, 0.3) is 5.91 Å². The number of phenolic OH excluding ortho intramolecular Hbond substituents is 1. The van der Waals surface area contributed by atoms with Crippen LogP contribution in [0.1, 0.15) is 34.7 Å². The van der Waals surface area contributed by atoms with Gasteiger partial charge >= 0.3 is 0 Å². The Balaban J connectivity index is 1.18. The minimum absolute atomic E-state index is 0.123. The van der Waals surface area contributed by atoms with Crippen LogP contribution in [-0.2, 0) is 24.3 Å². The molecule has 2 N–H and O–H groups in total. The van der Waals surface area contributed by atoms with Gasteiger partial charge < -0.3 is 29.7 Å². The number of hydrogen-bond acceptors (Lipinski definition) is 9. The average Bonchev–Trinajstić information content (AvgIpc) is 3.42. The molecular weight excluding hydrogens is 474 g/mol. The maximum Gasteiger partial charge on any atom is 0.273 e. The largest absolute Gasteiger partial charge is 0.508 e. The van der Waals surface area contributed by atoms with Crippen molar-refractivity contribution in [3.05, 3.63) is 54.0 Å². The molecule has 2 amide bonds. The number of benzene rings is 1. The molecule has 0 atom stereocenters. The van der Waals surface area contributed by atoms with Crippen LogP contribution in [0.25, 0.3) is 0 Å². The first-order chi connectivity index (χ1) is 18.1. The lowest BCUT2D eigenvalue weighted by Gasteiger charge is -2.37. The van der Waals surface area contributed by atoms with E-state index in [2.05, 4.69) is 30.4 Å². The number of aromatic hydroxyl groups is 1. The average molecular weight is 506 g/mol. The SMILES string of the molecule is CNc1ccc(O)cc1CCN(C=O)C1CCN(c2cc(C(=O)N3CCn4cnnc4C3)ncn2)CC1. The molecule has 2 aromatic heterocycles. The molecule has 2 aliphatic heterocycles. The van der Waals surface area contributed by atoms with Crippen molar-refractivity contribution in [3.63, 3.8) is 0 Å². The Hall–Kier alpha value is -4.22. The standard InChI is InChI=1S/C25H31N9O3/c1-26-21-3-2-20(36)12-18(21)4-7-34(17-35)19-5-8-31(9-6-19)23-13-22(27-15-28-23)25(37)32-10-11-33-16-29-30-24(33)14-32/h2-3,12-13,15-17,19,26,36H,4-11,14H2,1H3. The fourth-order valence-corrected chi connectivity index (χ4v) is 5.07. The first-order valence-electron chi connectivity index (χ1n) is 12.5. The van der Waals surface area contributed by atoms with E-state index in [1.807, 2.05) is 22.6 Å². The van der Waals surface area contributed by atoms with Crippen molar-refractivity contribution in [2.45, 2.75) is 38.4 Å². The number of anilines is 2. The van der Waals surface area contributed by atoms with Gasteiger partial charge in [-0.25, -0.2) is 9.97 Å². The summed E-state index contributed by atoms with van der Waals surface area (Å²) in [4.78, 5) is 39.4. The fraction of sp³-hybridized carbons (Fsp3) is 0.440. The van der Waals surface area contributed by atoms with Crippen LogP contribution in [0.5, 0.6) is 5.75 Å². The lowest BCUT2D eigenvalue weighted by molar-refractivity contribution is -0.120. The number of carbonyl (C=O) groups is 2. The molecule has 194 valence electrons. The summed E-state index contributed by atoms with van der Waals surface area (Å²) in [5, 5.41) is 21.0. The number of nitrogens with one attached hydrogen (secondary N) is 1. The topological polar surface area (TPSA) is 133 Å². The second-order valence-electron chi connectivity index (χ2n) is 9.33. The van der Waals surface area contributed by atoms with E-state index in [1.165, 1.54) is 6.33 Å². The molecule has 0 spiro atoms. The number of piperidine rings is 1. The normalized spacial score (nSPS) is 15.8. The summed E-state index contributed by atoms with van der Waals surface area (Å²) in [5.74, 6) is 1.55. The van der Waals surface area contributed by atoms with Crippen LogP contribution in [0.3, 0.4) is 0 Å². The number of phenols is 1. The number of fused-ring (bicyclic) bond motifs is 1. The molecule has 0 aliphatic carbocycles. The summed E-state index contributed by atoms with van der Waals surface area (Å²) in [6.07, 6.45) is 6.28. The first kappa shape index (κ1) is 24.5. The molecular formula is C25H31N9O3. The maximum atomic E-state index is 13.1. The van der Waals surface area contributed by atoms with Crippen LogP contribution >= 0.6 is 0 Å². The van der Waals surface area contributed by atoms with E-state index in [1.54, 1.807) is 29.4 Å². The van der Waals surface area contributed by atoms with E-state index in [0.717, 1.165) is 49.4 Å². The van der Waals surface area contributed by atoms with E-state index in [4.69, 9.17) is 0 Å². The lowest BCUT2D eigenvalue weighted by atomic mass is 10.0. The molecule has 1 aromatic carbocycles. The van der Waals surface area contributed by atoms with Gasteiger partial charge in [-0.1, -0.05) is 0 Å². The minimum atomic E-state index is -0.146. The van der Waals surface area contributed by atoms with Crippen LogP contribution in [0.4, 0.5) is 11.5 Å². The summed E-state index contributed by atoms with van der Waals surface area (Å²) < 4.78 is 1.95. The number of carbonyl (C=O) groups excluding carboxylic acids is 2. The zero-order valence-electron chi connectivity index (χ0n) is 20.8. The van der Waals surface area contributed by atoms with Gasteiger partial charge in [-0.3, -0.25) is 9.59 Å². The lowest BCUT2D eigenvalue weighted by Crippen LogP contribution is -2.45. The molecule has 37 heavy (non-hydrogen) atoms.